The Bertz CT molecular complexity index is 649. The predicted molar refractivity (Wildman–Crippen MR) is 91.9 cm³/mol. The molecule has 0 spiro atoms. The van der Waals surface area contributed by atoms with Gasteiger partial charge in [-0.2, -0.15) is 0 Å². The van der Waals surface area contributed by atoms with Gasteiger partial charge in [0.25, 0.3) is 5.91 Å². The van der Waals surface area contributed by atoms with Gasteiger partial charge in [-0.25, -0.2) is 4.79 Å². The molecule has 3 atom stereocenters. The number of amides is 3. The van der Waals surface area contributed by atoms with Gasteiger partial charge in [0.05, 0.1) is 19.8 Å². The average Bonchev–Trinajstić information content (AvgIpc) is 2.99. The van der Waals surface area contributed by atoms with Gasteiger partial charge in [-0.3, -0.25) is 10.1 Å². The normalized spacial score (nSPS) is 23.4. The van der Waals surface area contributed by atoms with Crippen molar-refractivity contribution in [3.05, 3.63) is 23.8 Å². The van der Waals surface area contributed by atoms with Crippen molar-refractivity contribution in [3.63, 3.8) is 0 Å². The lowest BCUT2D eigenvalue weighted by molar-refractivity contribution is -0.932. The maximum atomic E-state index is 12.3. The van der Waals surface area contributed by atoms with E-state index in [0.717, 1.165) is 42.9 Å². The molecule has 1 unspecified atom stereocenters. The number of fused-ring (bicyclic) bond motifs is 1. The maximum absolute atomic E-state index is 12.3. The second-order valence-electron chi connectivity index (χ2n) is 6.57. The monoisotopic (exact) mass is 348 g/mol. The highest BCUT2D eigenvalue weighted by Crippen LogP contribution is 2.33. The quantitative estimate of drug-likeness (QED) is 0.739. The summed E-state index contributed by atoms with van der Waals surface area (Å²) in [6.07, 6.45) is 2.93. The smallest absolute Gasteiger partial charge is 0.321 e. The third-order valence-corrected chi connectivity index (χ3v) is 4.99. The van der Waals surface area contributed by atoms with Crippen LogP contribution < -0.4 is 25.0 Å². The molecule has 7 nitrogen and oxygen atoms in total. The Morgan fingerprint density at radius 3 is 2.72 bits per heavy atom. The number of likely N-dealkylation sites (tertiary alicyclic amines) is 1. The molecule has 1 fully saturated rings. The van der Waals surface area contributed by atoms with E-state index in [1.54, 1.807) is 0 Å². The van der Waals surface area contributed by atoms with E-state index in [1.165, 1.54) is 11.9 Å². The van der Waals surface area contributed by atoms with Crippen molar-refractivity contribution in [1.82, 2.24) is 10.6 Å². The summed E-state index contributed by atoms with van der Waals surface area (Å²) in [5.74, 6) is 1.31. The Morgan fingerprint density at radius 1 is 1.20 bits per heavy atom. The minimum absolute atomic E-state index is 0.211. The van der Waals surface area contributed by atoms with Crippen LogP contribution in [0.5, 0.6) is 11.5 Å². The zero-order valence-electron chi connectivity index (χ0n) is 14.8. The number of ether oxygens (including phenoxy) is 2. The number of urea groups is 1. The summed E-state index contributed by atoms with van der Waals surface area (Å²) in [6.45, 7) is 4.10. The topological polar surface area (TPSA) is 81.1 Å². The number of hydrogen-bond acceptors (Lipinski definition) is 4. The molecule has 25 heavy (non-hydrogen) atoms. The lowest BCUT2D eigenvalue weighted by Gasteiger charge is -2.27. The van der Waals surface area contributed by atoms with Crippen LogP contribution >= 0.6 is 0 Å². The molecule has 0 radical (unpaired) electrons. The van der Waals surface area contributed by atoms with Crippen LogP contribution in [-0.4, -0.2) is 44.8 Å². The summed E-state index contributed by atoms with van der Waals surface area (Å²) < 4.78 is 11.5. The van der Waals surface area contributed by atoms with Crippen LogP contribution in [0, 0.1) is 0 Å². The molecule has 0 bridgehead atoms. The van der Waals surface area contributed by atoms with Gasteiger partial charge in [-0.15, -0.1) is 0 Å². The van der Waals surface area contributed by atoms with E-state index in [9.17, 15) is 9.59 Å². The van der Waals surface area contributed by atoms with E-state index in [4.69, 9.17) is 9.47 Å². The highest BCUT2D eigenvalue weighted by atomic mass is 16.5. The fourth-order valence-electron chi connectivity index (χ4n) is 3.62. The highest BCUT2D eigenvalue weighted by molar-refractivity contribution is 5.96. The lowest BCUT2D eigenvalue weighted by atomic mass is 10.0. The Balaban J connectivity index is 1.76. The predicted octanol–water partition coefficient (Wildman–Crippen LogP) is 0.412. The zero-order chi connectivity index (χ0) is 17.8. The van der Waals surface area contributed by atoms with Crippen LogP contribution in [0.3, 0.4) is 0 Å². The van der Waals surface area contributed by atoms with E-state index in [2.05, 4.69) is 16.7 Å². The molecule has 136 valence electrons. The molecule has 2 aliphatic rings. The van der Waals surface area contributed by atoms with Crippen molar-refractivity contribution < 1.29 is 24.0 Å². The first kappa shape index (κ1) is 17.5. The molecule has 7 heteroatoms. The van der Waals surface area contributed by atoms with Gasteiger partial charge in [0, 0.05) is 31.9 Å². The van der Waals surface area contributed by atoms with E-state index in [-0.39, 0.29) is 18.0 Å². The van der Waals surface area contributed by atoms with Crippen molar-refractivity contribution in [2.75, 3.05) is 26.8 Å². The third-order valence-electron chi connectivity index (χ3n) is 4.99. The van der Waals surface area contributed by atoms with Crippen LogP contribution in [0.1, 0.15) is 37.8 Å². The van der Waals surface area contributed by atoms with Crippen molar-refractivity contribution >= 4 is 11.9 Å². The van der Waals surface area contributed by atoms with E-state index in [0.29, 0.717) is 13.2 Å². The highest BCUT2D eigenvalue weighted by Gasteiger charge is 2.37. The summed E-state index contributed by atoms with van der Waals surface area (Å²) in [5, 5.41) is 4.80. The molecule has 0 aromatic heterocycles. The SMILES string of the molecule is CNC(=O)NC(=O)[C@@H](C)[NH+]1CCC[C@@H]1c1ccc2c(c1)OCCCO2. The van der Waals surface area contributed by atoms with Gasteiger partial charge in [0.1, 0.15) is 6.04 Å². The Hall–Kier alpha value is -2.28. The van der Waals surface area contributed by atoms with Crippen molar-refractivity contribution in [2.45, 2.75) is 38.3 Å². The van der Waals surface area contributed by atoms with Crippen LogP contribution in [-0.2, 0) is 4.79 Å². The Morgan fingerprint density at radius 2 is 1.96 bits per heavy atom. The number of quaternary nitrogens is 1. The van der Waals surface area contributed by atoms with Gasteiger partial charge in [-0.05, 0) is 25.1 Å². The average molecular weight is 348 g/mol. The minimum Gasteiger partial charge on any atom is -0.490 e. The number of carbonyl (C=O) groups is 2. The van der Waals surface area contributed by atoms with Crippen molar-refractivity contribution in [2.24, 2.45) is 0 Å². The number of hydrogen-bond donors (Lipinski definition) is 3. The molecular formula is C18H26N3O4+. The molecule has 1 aromatic carbocycles. The molecule has 1 saturated heterocycles. The molecule has 1 aromatic rings. The molecule has 3 rings (SSSR count). The fraction of sp³-hybridized carbons (Fsp3) is 0.556. The summed E-state index contributed by atoms with van der Waals surface area (Å²) in [7, 11) is 1.50. The van der Waals surface area contributed by atoms with Crippen molar-refractivity contribution in [1.29, 1.82) is 0 Å². The fourth-order valence-corrected chi connectivity index (χ4v) is 3.62. The third kappa shape index (κ3) is 3.87. The summed E-state index contributed by atoms with van der Waals surface area (Å²) >= 11 is 0. The summed E-state index contributed by atoms with van der Waals surface area (Å²) in [6, 6.07) is 5.50. The lowest BCUT2D eigenvalue weighted by Crippen LogP contribution is -3.15. The van der Waals surface area contributed by atoms with Gasteiger partial charge < -0.3 is 19.7 Å². The van der Waals surface area contributed by atoms with Crippen molar-refractivity contribution in [3.8, 4) is 11.5 Å². The number of carbonyl (C=O) groups excluding carboxylic acids is 2. The first-order chi connectivity index (χ1) is 12.1. The largest absolute Gasteiger partial charge is 0.490 e. The minimum atomic E-state index is -0.470. The first-order valence-electron chi connectivity index (χ1n) is 8.88. The number of nitrogens with one attached hydrogen (secondary N) is 3. The molecule has 0 saturated carbocycles. The van der Waals surface area contributed by atoms with Gasteiger partial charge in [0.2, 0.25) is 0 Å². The van der Waals surface area contributed by atoms with Gasteiger partial charge >= 0.3 is 6.03 Å². The standard InChI is InChI=1S/C18H25N3O4/c1-12(17(22)20-18(23)19-2)21-8-3-5-14(21)13-6-7-15-16(11-13)25-10-4-9-24-15/h6-7,11-12,14H,3-5,8-10H2,1-2H3,(H2,19,20,22,23)/p+1/t12-,14-/m1/s1. The molecular weight excluding hydrogens is 322 g/mol. The number of imide groups is 1. The summed E-state index contributed by atoms with van der Waals surface area (Å²) in [4.78, 5) is 24.9. The van der Waals surface area contributed by atoms with Gasteiger partial charge in [0.15, 0.2) is 17.5 Å². The van der Waals surface area contributed by atoms with E-state index < -0.39 is 6.03 Å². The van der Waals surface area contributed by atoms with Crippen LogP contribution in [0.25, 0.3) is 0 Å². The first-order valence-corrected chi connectivity index (χ1v) is 8.88. The number of benzene rings is 1. The second kappa shape index (κ2) is 7.74. The van der Waals surface area contributed by atoms with Gasteiger partial charge in [-0.1, -0.05) is 0 Å². The molecule has 3 amide bonds. The summed E-state index contributed by atoms with van der Waals surface area (Å²) in [5.41, 5.74) is 1.15. The zero-order valence-corrected chi connectivity index (χ0v) is 14.8. The number of rotatable bonds is 3. The Labute approximate surface area is 147 Å². The Kier molecular flexibility index (Phi) is 5.43. The van der Waals surface area contributed by atoms with E-state index in [1.807, 2.05) is 19.1 Å². The molecule has 0 aliphatic carbocycles. The molecule has 3 N–H and O–H groups in total. The maximum Gasteiger partial charge on any atom is 0.321 e. The molecule has 2 aliphatic heterocycles. The van der Waals surface area contributed by atoms with Crippen LogP contribution in [0.2, 0.25) is 0 Å². The van der Waals surface area contributed by atoms with Crippen LogP contribution in [0.4, 0.5) is 4.79 Å². The van der Waals surface area contributed by atoms with Crippen LogP contribution in [0.15, 0.2) is 18.2 Å². The molecule has 2 heterocycles. The second-order valence-corrected chi connectivity index (χ2v) is 6.57. The van der Waals surface area contributed by atoms with E-state index >= 15 is 0 Å².